The third-order valence-corrected chi connectivity index (χ3v) is 3.78. The van der Waals surface area contributed by atoms with E-state index in [2.05, 4.69) is 0 Å². The Bertz CT molecular complexity index is 602. The number of amides is 1. The molecule has 0 radical (unpaired) electrons. The van der Waals surface area contributed by atoms with Gasteiger partial charge in [-0.25, -0.2) is 8.78 Å². The minimum Gasteiger partial charge on any atom is -0.384 e. The molecule has 0 aliphatic rings. The highest BCUT2D eigenvalue weighted by Crippen LogP contribution is 2.24. The van der Waals surface area contributed by atoms with E-state index in [1.807, 2.05) is 17.5 Å². The molecule has 0 aliphatic carbocycles. The molecule has 0 saturated carbocycles. The van der Waals surface area contributed by atoms with Crippen LogP contribution in [0, 0.1) is 11.6 Å². The van der Waals surface area contributed by atoms with Gasteiger partial charge in [-0.2, -0.15) is 0 Å². The molecular weight excluding hydrogens is 296 g/mol. The second-order valence-electron chi connectivity index (χ2n) is 4.40. The van der Waals surface area contributed by atoms with Gasteiger partial charge in [-0.15, -0.1) is 11.3 Å². The first-order valence-electron chi connectivity index (χ1n) is 6.38. The molecule has 0 unspecified atom stereocenters. The molecule has 0 bridgehead atoms. The van der Waals surface area contributed by atoms with Crippen LogP contribution in [0.15, 0.2) is 35.7 Å². The molecule has 1 aromatic heterocycles. The summed E-state index contributed by atoms with van der Waals surface area (Å²) in [6, 6.07) is 6.92. The quantitative estimate of drug-likeness (QED) is 0.816. The van der Waals surface area contributed by atoms with Crippen molar-refractivity contribution in [2.45, 2.75) is 13.0 Å². The number of rotatable bonds is 6. The molecule has 2 rings (SSSR count). The van der Waals surface area contributed by atoms with Crippen molar-refractivity contribution in [3.8, 4) is 0 Å². The monoisotopic (exact) mass is 311 g/mol. The fraction of sp³-hybridized carbons (Fsp3) is 0.267. The van der Waals surface area contributed by atoms with Crippen molar-refractivity contribution < 1.29 is 18.3 Å². The Labute approximate surface area is 125 Å². The van der Waals surface area contributed by atoms with Crippen molar-refractivity contribution in [1.82, 2.24) is 0 Å². The second-order valence-corrected chi connectivity index (χ2v) is 5.43. The van der Waals surface area contributed by atoms with Crippen molar-refractivity contribution in [3.63, 3.8) is 0 Å². The fourth-order valence-corrected chi connectivity index (χ4v) is 2.58. The molecule has 0 saturated heterocycles. The Balaban J connectivity index is 2.27. The maximum atomic E-state index is 13.9. The molecule has 2 aromatic rings. The van der Waals surface area contributed by atoms with Crippen LogP contribution >= 0.6 is 11.3 Å². The number of anilines is 1. The van der Waals surface area contributed by atoms with E-state index in [1.54, 1.807) is 0 Å². The minimum atomic E-state index is -0.752. The molecule has 1 amide bonds. The summed E-state index contributed by atoms with van der Waals surface area (Å²) in [7, 11) is 1.50. The van der Waals surface area contributed by atoms with Gasteiger partial charge in [-0.3, -0.25) is 4.79 Å². The molecule has 1 heterocycles. The molecule has 0 fully saturated rings. The number of hydrogen-bond acceptors (Lipinski definition) is 3. The van der Waals surface area contributed by atoms with Gasteiger partial charge in [0.15, 0.2) is 0 Å². The van der Waals surface area contributed by atoms with Crippen LogP contribution in [0.2, 0.25) is 0 Å². The summed E-state index contributed by atoms with van der Waals surface area (Å²) in [6.45, 7) is 0.505. The van der Waals surface area contributed by atoms with Crippen LogP contribution in [-0.2, 0) is 16.1 Å². The van der Waals surface area contributed by atoms with Crippen LogP contribution in [0.25, 0.3) is 0 Å². The van der Waals surface area contributed by atoms with Crippen LogP contribution in [0.4, 0.5) is 14.5 Å². The average molecular weight is 311 g/mol. The summed E-state index contributed by atoms with van der Waals surface area (Å²) >= 11 is 1.47. The van der Waals surface area contributed by atoms with Crippen molar-refractivity contribution >= 4 is 22.9 Å². The highest BCUT2D eigenvalue weighted by atomic mass is 32.1. The number of hydrogen-bond donors (Lipinski definition) is 0. The van der Waals surface area contributed by atoms with E-state index in [1.165, 1.54) is 29.4 Å². The van der Waals surface area contributed by atoms with E-state index < -0.39 is 11.6 Å². The number of nitrogens with zero attached hydrogens (tertiary/aromatic N) is 1. The zero-order valence-corrected chi connectivity index (χ0v) is 12.3. The summed E-state index contributed by atoms with van der Waals surface area (Å²) in [5.74, 6) is -1.69. The van der Waals surface area contributed by atoms with Gasteiger partial charge in [-0.05, 0) is 23.6 Å². The second kappa shape index (κ2) is 7.28. The maximum Gasteiger partial charge on any atom is 0.229 e. The van der Waals surface area contributed by atoms with E-state index in [-0.39, 0.29) is 31.2 Å². The van der Waals surface area contributed by atoms with Crippen molar-refractivity contribution in [3.05, 3.63) is 52.2 Å². The third-order valence-electron chi connectivity index (χ3n) is 2.92. The fourth-order valence-electron chi connectivity index (χ4n) is 1.89. The number of benzene rings is 1. The van der Waals surface area contributed by atoms with E-state index in [0.29, 0.717) is 0 Å². The number of ether oxygens (including phenoxy) is 1. The zero-order valence-electron chi connectivity index (χ0n) is 11.5. The van der Waals surface area contributed by atoms with Gasteiger partial charge in [-0.1, -0.05) is 6.07 Å². The lowest BCUT2D eigenvalue weighted by molar-refractivity contribution is -0.119. The van der Waals surface area contributed by atoms with Crippen molar-refractivity contribution in [1.29, 1.82) is 0 Å². The van der Waals surface area contributed by atoms with Gasteiger partial charge in [0, 0.05) is 18.1 Å². The van der Waals surface area contributed by atoms with Gasteiger partial charge in [0.2, 0.25) is 5.91 Å². The highest BCUT2D eigenvalue weighted by Gasteiger charge is 2.20. The molecule has 0 spiro atoms. The molecule has 1 aromatic carbocycles. The SMILES string of the molecule is COCCC(=O)N(Cc1cccs1)c1ccc(F)cc1F. The predicted octanol–water partition coefficient (Wildman–Crippen LogP) is 3.60. The predicted molar refractivity (Wildman–Crippen MR) is 78.4 cm³/mol. The van der Waals surface area contributed by atoms with Crippen LogP contribution in [0.1, 0.15) is 11.3 Å². The van der Waals surface area contributed by atoms with E-state index in [9.17, 15) is 13.6 Å². The lowest BCUT2D eigenvalue weighted by atomic mass is 10.2. The molecule has 112 valence electrons. The number of methoxy groups -OCH3 is 1. The summed E-state index contributed by atoms with van der Waals surface area (Å²) < 4.78 is 31.9. The summed E-state index contributed by atoms with van der Waals surface area (Å²) in [6.07, 6.45) is 0.138. The van der Waals surface area contributed by atoms with Crippen LogP contribution in [-0.4, -0.2) is 19.6 Å². The van der Waals surface area contributed by atoms with Crippen molar-refractivity contribution in [2.24, 2.45) is 0 Å². The van der Waals surface area contributed by atoms with E-state index in [0.717, 1.165) is 17.0 Å². The number of thiophene rings is 1. The Morgan fingerprint density at radius 1 is 1.33 bits per heavy atom. The van der Waals surface area contributed by atoms with Gasteiger partial charge in [0.05, 0.1) is 25.3 Å². The first kappa shape index (κ1) is 15.6. The number of carbonyl (C=O) groups is 1. The normalized spacial score (nSPS) is 10.6. The molecule has 0 aliphatic heterocycles. The van der Waals surface area contributed by atoms with Gasteiger partial charge >= 0.3 is 0 Å². The van der Waals surface area contributed by atoms with Crippen molar-refractivity contribution in [2.75, 3.05) is 18.6 Å². The first-order chi connectivity index (χ1) is 10.1. The zero-order chi connectivity index (χ0) is 15.2. The summed E-state index contributed by atoms with van der Waals surface area (Å²) in [4.78, 5) is 14.5. The highest BCUT2D eigenvalue weighted by molar-refractivity contribution is 7.09. The lowest BCUT2D eigenvalue weighted by Gasteiger charge is -2.22. The third kappa shape index (κ3) is 4.09. The van der Waals surface area contributed by atoms with Crippen LogP contribution < -0.4 is 4.90 Å². The summed E-state index contributed by atoms with van der Waals surface area (Å²) in [5.41, 5.74) is 0.0749. The Kier molecular flexibility index (Phi) is 5.41. The lowest BCUT2D eigenvalue weighted by Crippen LogP contribution is -2.31. The topological polar surface area (TPSA) is 29.5 Å². The van der Waals surface area contributed by atoms with Crippen LogP contribution in [0.5, 0.6) is 0 Å². The Hall–Kier alpha value is -1.79. The van der Waals surface area contributed by atoms with Gasteiger partial charge in [0.1, 0.15) is 11.6 Å². The van der Waals surface area contributed by atoms with Gasteiger partial charge < -0.3 is 9.64 Å². The maximum absolute atomic E-state index is 13.9. The molecule has 0 N–H and O–H groups in total. The molecule has 0 atom stereocenters. The number of carbonyl (C=O) groups excluding carboxylic acids is 1. The van der Waals surface area contributed by atoms with E-state index >= 15 is 0 Å². The molecule has 3 nitrogen and oxygen atoms in total. The van der Waals surface area contributed by atoms with Crippen LogP contribution in [0.3, 0.4) is 0 Å². The standard InChI is InChI=1S/C15H15F2NO2S/c1-20-7-6-15(19)18(10-12-3-2-8-21-12)14-5-4-11(16)9-13(14)17/h2-5,8-9H,6-7,10H2,1H3. The first-order valence-corrected chi connectivity index (χ1v) is 7.26. The number of halogens is 2. The van der Waals surface area contributed by atoms with E-state index in [4.69, 9.17) is 4.74 Å². The molecule has 6 heteroatoms. The summed E-state index contributed by atoms with van der Waals surface area (Å²) in [5, 5.41) is 1.88. The minimum absolute atomic E-state index is 0.0749. The Morgan fingerprint density at radius 3 is 2.76 bits per heavy atom. The smallest absolute Gasteiger partial charge is 0.229 e. The average Bonchev–Trinajstić information content (AvgIpc) is 2.96. The van der Waals surface area contributed by atoms with Gasteiger partial charge in [0.25, 0.3) is 0 Å². The largest absolute Gasteiger partial charge is 0.384 e. The Morgan fingerprint density at radius 2 is 2.14 bits per heavy atom. The molecular formula is C15H15F2NO2S. The molecule has 21 heavy (non-hydrogen) atoms.